The van der Waals surface area contributed by atoms with E-state index in [1.807, 2.05) is 6.07 Å². The Kier molecular flexibility index (Phi) is 10.5. The fourth-order valence-corrected chi connectivity index (χ4v) is 5.52. The monoisotopic (exact) mass is 731 g/mol. The molecule has 258 valence electrons. The lowest BCUT2D eigenvalue weighted by atomic mass is 9.89. The van der Waals surface area contributed by atoms with Crippen LogP contribution in [0.3, 0.4) is 0 Å². The first-order valence-electron chi connectivity index (χ1n) is 15.6. The molecular formula is C39H27Cl2N5O6. The molecule has 1 aliphatic rings. The SMILES string of the molecule is COC(=O)c1ccc(C(=O)Nc2cc(Cl)ccc2Cl)cc1NN=C1C(=O)C(C(=O)Nc2ccc(NC(=O)c3ccccc3)cc2)=Cc2ccccc21. The zero-order valence-electron chi connectivity index (χ0n) is 27.2. The Morgan fingerprint density at radius 2 is 1.31 bits per heavy atom. The van der Waals surface area contributed by atoms with E-state index < -0.39 is 23.6 Å². The lowest BCUT2D eigenvalue weighted by Gasteiger charge is -2.18. The molecule has 0 fully saturated rings. The van der Waals surface area contributed by atoms with Gasteiger partial charge in [-0.25, -0.2) is 4.79 Å². The van der Waals surface area contributed by atoms with Crippen LogP contribution in [0.25, 0.3) is 6.08 Å². The van der Waals surface area contributed by atoms with E-state index in [0.717, 1.165) is 0 Å². The van der Waals surface area contributed by atoms with E-state index in [-0.39, 0.29) is 44.7 Å². The summed E-state index contributed by atoms with van der Waals surface area (Å²) in [5.74, 6) is -2.97. The Morgan fingerprint density at radius 3 is 2.02 bits per heavy atom. The number of rotatable bonds is 9. The molecule has 0 saturated carbocycles. The number of hydrazone groups is 1. The second-order valence-electron chi connectivity index (χ2n) is 11.2. The molecule has 0 aliphatic heterocycles. The molecular weight excluding hydrogens is 705 g/mol. The number of fused-ring (bicyclic) bond motifs is 1. The number of methoxy groups -OCH3 is 1. The third-order valence-electron chi connectivity index (χ3n) is 7.81. The fraction of sp³-hybridized carbons (Fsp3) is 0.0256. The van der Waals surface area contributed by atoms with Crippen molar-refractivity contribution in [3.63, 3.8) is 0 Å². The number of amides is 3. The van der Waals surface area contributed by atoms with Crippen molar-refractivity contribution in [2.45, 2.75) is 0 Å². The van der Waals surface area contributed by atoms with Crippen LogP contribution in [0.2, 0.25) is 10.0 Å². The van der Waals surface area contributed by atoms with E-state index in [2.05, 4.69) is 26.5 Å². The number of carbonyl (C=O) groups excluding carboxylic acids is 5. The Labute approximate surface area is 307 Å². The summed E-state index contributed by atoms with van der Waals surface area (Å²) in [5.41, 5.74) is 5.26. The van der Waals surface area contributed by atoms with Gasteiger partial charge in [-0.05, 0) is 84.4 Å². The summed E-state index contributed by atoms with van der Waals surface area (Å²) in [6, 6.07) is 30.8. The number of nitrogens with zero attached hydrogens (tertiary/aromatic N) is 1. The molecule has 5 aromatic rings. The minimum atomic E-state index is -0.728. The number of ketones is 1. The number of carbonyl (C=O) groups is 5. The van der Waals surface area contributed by atoms with E-state index >= 15 is 0 Å². The van der Waals surface area contributed by atoms with Crippen LogP contribution in [0, 0.1) is 0 Å². The van der Waals surface area contributed by atoms with Crippen LogP contribution in [0.15, 0.2) is 126 Å². The maximum absolute atomic E-state index is 13.8. The highest BCUT2D eigenvalue weighted by Crippen LogP contribution is 2.28. The maximum Gasteiger partial charge on any atom is 0.340 e. The average Bonchev–Trinajstić information content (AvgIpc) is 3.16. The normalized spacial score (nSPS) is 12.6. The molecule has 0 atom stereocenters. The number of anilines is 4. The number of benzene rings is 5. The molecule has 1 aliphatic carbocycles. The molecule has 52 heavy (non-hydrogen) atoms. The zero-order valence-corrected chi connectivity index (χ0v) is 28.7. The molecule has 0 spiro atoms. The summed E-state index contributed by atoms with van der Waals surface area (Å²) in [6.45, 7) is 0. The Morgan fingerprint density at radius 1 is 0.654 bits per heavy atom. The number of ether oxygens (including phenoxy) is 1. The fourth-order valence-electron chi connectivity index (χ4n) is 5.19. The van der Waals surface area contributed by atoms with E-state index in [0.29, 0.717) is 33.1 Å². The standard InChI is InChI=1S/C39H27Cl2N5O6/c1-52-39(51)29-17-11-24(37(49)44-33-21-25(40)12-18-31(33)41)20-32(29)45-46-34-28-10-6-5-9-23(28)19-30(35(34)47)38(50)43-27-15-13-26(14-16-27)42-36(48)22-7-3-2-4-8-22/h2-21,45H,1H3,(H,42,48)(H,43,50)(H,44,49). The van der Waals surface area contributed by atoms with Crippen LogP contribution in [0.4, 0.5) is 22.7 Å². The Bertz CT molecular complexity index is 2310. The van der Waals surface area contributed by atoms with Crippen molar-refractivity contribution in [3.05, 3.63) is 159 Å². The molecule has 0 bridgehead atoms. The van der Waals surface area contributed by atoms with Crippen molar-refractivity contribution < 1.29 is 28.7 Å². The second-order valence-corrected chi connectivity index (χ2v) is 12.1. The average molecular weight is 733 g/mol. The number of hydrogen-bond acceptors (Lipinski definition) is 8. The molecule has 6 rings (SSSR count). The summed E-state index contributed by atoms with van der Waals surface area (Å²) < 4.78 is 4.91. The number of Topliss-reactive ketones (excluding diaryl/α,β-unsaturated/α-hetero) is 1. The number of hydrogen-bond donors (Lipinski definition) is 4. The smallest absolute Gasteiger partial charge is 0.340 e. The quantitative estimate of drug-likeness (QED) is 0.0688. The van der Waals surface area contributed by atoms with Gasteiger partial charge in [-0.1, -0.05) is 65.7 Å². The summed E-state index contributed by atoms with van der Waals surface area (Å²) in [4.78, 5) is 65.7. The summed E-state index contributed by atoms with van der Waals surface area (Å²) in [6.07, 6.45) is 1.46. The first kappa shape index (κ1) is 35.3. The predicted octanol–water partition coefficient (Wildman–Crippen LogP) is 7.71. The van der Waals surface area contributed by atoms with Crippen molar-refractivity contribution in [2.24, 2.45) is 5.10 Å². The van der Waals surface area contributed by atoms with E-state index in [4.69, 9.17) is 27.9 Å². The van der Waals surface area contributed by atoms with Crippen molar-refractivity contribution in [2.75, 3.05) is 28.5 Å². The molecule has 0 aromatic heterocycles. The highest BCUT2D eigenvalue weighted by atomic mass is 35.5. The highest BCUT2D eigenvalue weighted by molar-refractivity contribution is 6.59. The van der Waals surface area contributed by atoms with Gasteiger partial charge in [0.15, 0.2) is 0 Å². The largest absolute Gasteiger partial charge is 0.465 e. The molecule has 0 saturated heterocycles. The predicted molar refractivity (Wildman–Crippen MR) is 201 cm³/mol. The van der Waals surface area contributed by atoms with Crippen LogP contribution < -0.4 is 21.4 Å². The summed E-state index contributed by atoms with van der Waals surface area (Å²) in [5, 5.41) is 13.2. The minimum Gasteiger partial charge on any atom is -0.465 e. The zero-order chi connectivity index (χ0) is 36.8. The van der Waals surface area contributed by atoms with Crippen LogP contribution in [-0.4, -0.2) is 42.3 Å². The van der Waals surface area contributed by atoms with Crippen molar-refractivity contribution >= 4 is 87.2 Å². The van der Waals surface area contributed by atoms with Gasteiger partial charge in [-0.3, -0.25) is 24.6 Å². The maximum atomic E-state index is 13.8. The summed E-state index contributed by atoms with van der Waals surface area (Å²) >= 11 is 12.3. The molecule has 5 aromatic carbocycles. The van der Waals surface area contributed by atoms with Gasteiger partial charge in [-0.15, -0.1) is 0 Å². The van der Waals surface area contributed by atoms with Gasteiger partial charge in [0.2, 0.25) is 5.78 Å². The number of halogens is 2. The molecule has 4 N–H and O–H groups in total. The first-order chi connectivity index (χ1) is 25.1. The van der Waals surface area contributed by atoms with Gasteiger partial charge in [0, 0.05) is 33.1 Å². The van der Waals surface area contributed by atoms with Crippen molar-refractivity contribution in [1.82, 2.24) is 0 Å². The molecule has 3 amide bonds. The molecule has 0 heterocycles. The minimum absolute atomic E-state index is 0.0256. The topological polar surface area (TPSA) is 155 Å². The van der Waals surface area contributed by atoms with E-state index in [9.17, 15) is 24.0 Å². The molecule has 0 radical (unpaired) electrons. The number of nitrogens with one attached hydrogen (secondary N) is 4. The second kappa shape index (κ2) is 15.5. The lowest BCUT2D eigenvalue weighted by molar-refractivity contribution is -0.116. The van der Waals surface area contributed by atoms with E-state index in [1.54, 1.807) is 78.9 Å². The summed E-state index contributed by atoms with van der Waals surface area (Å²) in [7, 11) is 1.20. The number of esters is 1. The van der Waals surface area contributed by atoms with Crippen LogP contribution in [0.5, 0.6) is 0 Å². The highest BCUT2D eigenvalue weighted by Gasteiger charge is 2.30. The van der Waals surface area contributed by atoms with Gasteiger partial charge < -0.3 is 20.7 Å². The van der Waals surface area contributed by atoms with Crippen LogP contribution >= 0.6 is 23.2 Å². The first-order valence-corrected chi connectivity index (χ1v) is 16.3. The van der Waals surface area contributed by atoms with Gasteiger partial charge in [0.25, 0.3) is 17.7 Å². The Balaban J connectivity index is 1.23. The van der Waals surface area contributed by atoms with Crippen molar-refractivity contribution in [1.29, 1.82) is 0 Å². The van der Waals surface area contributed by atoms with Gasteiger partial charge in [0.1, 0.15) is 5.71 Å². The van der Waals surface area contributed by atoms with Gasteiger partial charge in [-0.2, -0.15) is 5.10 Å². The third kappa shape index (κ3) is 7.91. The molecule has 0 unspecified atom stereocenters. The van der Waals surface area contributed by atoms with Crippen LogP contribution in [-0.2, 0) is 14.3 Å². The van der Waals surface area contributed by atoms with Gasteiger partial charge >= 0.3 is 5.97 Å². The van der Waals surface area contributed by atoms with Crippen molar-refractivity contribution in [3.8, 4) is 0 Å². The third-order valence-corrected chi connectivity index (χ3v) is 8.37. The molecule has 13 heteroatoms. The Hall–Kier alpha value is -6.56. The van der Waals surface area contributed by atoms with E-state index in [1.165, 1.54) is 43.5 Å². The van der Waals surface area contributed by atoms with Gasteiger partial charge in [0.05, 0.1) is 34.6 Å². The molecule has 11 nitrogen and oxygen atoms in total. The van der Waals surface area contributed by atoms with Crippen LogP contribution in [0.1, 0.15) is 42.2 Å². The lowest BCUT2D eigenvalue weighted by Crippen LogP contribution is -2.30.